The van der Waals surface area contributed by atoms with Gasteiger partial charge < -0.3 is 10.1 Å². The Kier molecular flexibility index (Phi) is 5.11. The number of methoxy groups -OCH3 is 1. The van der Waals surface area contributed by atoms with Gasteiger partial charge in [-0.15, -0.1) is 0 Å². The third kappa shape index (κ3) is 4.00. The molecule has 1 heterocycles. The van der Waals surface area contributed by atoms with Gasteiger partial charge in [-0.2, -0.15) is 0 Å². The molecule has 0 radical (unpaired) electrons. The van der Waals surface area contributed by atoms with E-state index >= 15 is 0 Å². The molecular weight excluding hydrogens is 268 g/mol. The molecule has 4 heteroatoms. The summed E-state index contributed by atoms with van der Waals surface area (Å²) in [6.07, 6.45) is 1.15. The van der Waals surface area contributed by atoms with Crippen LogP contribution < -0.4 is 5.32 Å². The second-order valence-corrected chi connectivity index (χ2v) is 7.25. The summed E-state index contributed by atoms with van der Waals surface area (Å²) in [6, 6.07) is 8.63. The third-order valence-electron chi connectivity index (χ3n) is 3.46. The molecule has 0 amide bonds. The van der Waals surface area contributed by atoms with E-state index < -0.39 is 0 Å². The van der Waals surface area contributed by atoms with Gasteiger partial charge in [0.1, 0.15) is 0 Å². The minimum absolute atomic E-state index is 0.222. The number of ether oxygens (including phenoxy) is 1. The number of para-hydroxylation sites is 1. The highest BCUT2D eigenvalue weighted by molar-refractivity contribution is 8.14. The van der Waals surface area contributed by atoms with Crippen LogP contribution in [0.3, 0.4) is 0 Å². The third-order valence-corrected chi connectivity index (χ3v) is 4.38. The Morgan fingerprint density at radius 3 is 2.80 bits per heavy atom. The van der Waals surface area contributed by atoms with Crippen molar-refractivity contribution in [2.45, 2.75) is 39.8 Å². The number of hydrogen-bond acceptors (Lipinski definition) is 4. The van der Waals surface area contributed by atoms with Gasteiger partial charge in [0.2, 0.25) is 0 Å². The number of amidine groups is 1. The molecule has 1 aromatic rings. The number of anilines is 1. The molecule has 0 spiro atoms. The average molecular weight is 292 g/mol. The molecule has 1 aliphatic rings. The average Bonchev–Trinajstić information content (AvgIpc) is 2.41. The number of nitrogens with zero attached hydrogens (tertiary/aromatic N) is 1. The summed E-state index contributed by atoms with van der Waals surface area (Å²) in [5, 5.41) is 4.50. The lowest BCUT2D eigenvalue weighted by atomic mass is 9.85. The number of aliphatic imine (C=N–C) groups is 1. The van der Waals surface area contributed by atoms with E-state index in [1.807, 2.05) is 12.1 Å². The molecule has 0 aliphatic carbocycles. The molecule has 1 N–H and O–H groups in total. The first-order valence-electron chi connectivity index (χ1n) is 7.05. The standard InChI is InChI=1S/C16H24N2OS/c1-16(2,3)14-9-10-20-15(18-14)17-13-8-6-5-7-12(13)11-19-4/h5-8,14H,9-11H2,1-4H3,(H,17,18). The van der Waals surface area contributed by atoms with Crippen molar-refractivity contribution in [2.75, 3.05) is 18.2 Å². The van der Waals surface area contributed by atoms with Gasteiger partial charge in [-0.1, -0.05) is 50.7 Å². The highest BCUT2D eigenvalue weighted by Crippen LogP contribution is 2.31. The Morgan fingerprint density at radius 1 is 1.35 bits per heavy atom. The van der Waals surface area contributed by atoms with Crippen molar-refractivity contribution < 1.29 is 4.74 Å². The fraction of sp³-hybridized carbons (Fsp3) is 0.562. The van der Waals surface area contributed by atoms with Crippen molar-refractivity contribution >= 4 is 22.6 Å². The summed E-state index contributed by atoms with van der Waals surface area (Å²) in [5.41, 5.74) is 2.48. The number of thioether (sulfide) groups is 1. The van der Waals surface area contributed by atoms with Crippen molar-refractivity contribution in [1.29, 1.82) is 0 Å². The van der Waals surface area contributed by atoms with Gasteiger partial charge in [0, 0.05) is 24.1 Å². The fourth-order valence-electron chi connectivity index (χ4n) is 2.24. The lowest BCUT2D eigenvalue weighted by Gasteiger charge is -2.31. The summed E-state index contributed by atoms with van der Waals surface area (Å²) in [6.45, 7) is 7.39. The summed E-state index contributed by atoms with van der Waals surface area (Å²) in [5.74, 6) is 1.13. The van der Waals surface area contributed by atoms with Crippen LogP contribution in [0.2, 0.25) is 0 Å². The van der Waals surface area contributed by atoms with E-state index in [1.54, 1.807) is 18.9 Å². The van der Waals surface area contributed by atoms with Gasteiger partial charge in [-0.25, -0.2) is 0 Å². The minimum atomic E-state index is 0.222. The van der Waals surface area contributed by atoms with Crippen LogP contribution >= 0.6 is 11.8 Å². The maximum atomic E-state index is 5.25. The predicted molar refractivity (Wildman–Crippen MR) is 88.5 cm³/mol. The second-order valence-electron chi connectivity index (χ2n) is 6.17. The van der Waals surface area contributed by atoms with Crippen molar-refractivity contribution in [3.63, 3.8) is 0 Å². The van der Waals surface area contributed by atoms with Crippen LogP contribution in [0.1, 0.15) is 32.8 Å². The summed E-state index contributed by atoms with van der Waals surface area (Å²) < 4.78 is 5.25. The van der Waals surface area contributed by atoms with E-state index in [4.69, 9.17) is 9.73 Å². The number of benzene rings is 1. The number of rotatable bonds is 3. The summed E-state index contributed by atoms with van der Waals surface area (Å²) in [4.78, 5) is 4.88. The SMILES string of the molecule is COCc1ccccc1NC1=NC(C(C)(C)C)CCS1. The first kappa shape index (κ1) is 15.4. The molecule has 2 rings (SSSR count). The molecule has 1 atom stereocenters. The smallest absolute Gasteiger partial charge is 0.161 e. The Labute approximate surface area is 126 Å². The Balaban J connectivity index is 2.15. The maximum absolute atomic E-state index is 5.25. The Hall–Kier alpha value is -1.000. The van der Waals surface area contributed by atoms with Gasteiger partial charge in [-0.3, -0.25) is 4.99 Å². The topological polar surface area (TPSA) is 33.6 Å². The fourth-order valence-corrected chi connectivity index (χ4v) is 3.16. The zero-order valence-corrected chi connectivity index (χ0v) is 13.6. The van der Waals surface area contributed by atoms with E-state index in [0.29, 0.717) is 12.6 Å². The normalized spacial score (nSPS) is 19.6. The van der Waals surface area contributed by atoms with E-state index in [9.17, 15) is 0 Å². The molecule has 1 unspecified atom stereocenters. The largest absolute Gasteiger partial charge is 0.380 e. The summed E-state index contributed by atoms with van der Waals surface area (Å²) in [7, 11) is 1.72. The van der Waals surface area contributed by atoms with Crippen molar-refractivity contribution in [1.82, 2.24) is 0 Å². The molecule has 110 valence electrons. The monoisotopic (exact) mass is 292 g/mol. The van der Waals surface area contributed by atoms with Crippen LogP contribution in [0.15, 0.2) is 29.3 Å². The van der Waals surface area contributed by atoms with Gasteiger partial charge in [0.05, 0.1) is 12.6 Å². The molecular formula is C16H24N2OS. The lowest BCUT2D eigenvalue weighted by Crippen LogP contribution is -2.30. The predicted octanol–water partition coefficient (Wildman–Crippen LogP) is 4.15. The zero-order chi connectivity index (χ0) is 14.6. The second kappa shape index (κ2) is 6.64. The quantitative estimate of drug-likeness (QED) is 0.908. The zero-order valence-electron chi connectivity index (χ0n) is 12.8. The highest BCUT2D eigenvalue weighted by atomic mass is 32.2. The number of hydrogen-bond donors (Lipinski definition) is 1. The number of nitrogens with one attached hydrogen (secondary N) is 1. The summed E-state index contributed by atoms with van der Waals surface area (Å²) >= 11 is 1.80. The maximum Gasteiger partial charge on any atom is 0.161 e. The van der Waals surface area contributed by atoms with E-state index in [1.165, 1.54) is 0 Å². The molecule has 1 aliphatic heterocycles. The van der Waals surface area contributed by atoms with Crippen molar-refractivity contribution in [3.05, 3.63) is 29.8 Å². The van der Waals surface area contributed by atoms with E-state index in [-0.39, 0.29) is 5.41 Å². The van der Waals surface area contributed by atoms with Crippen LogP contribution in [0.4, 0.5) is 5.69 Å². The van der Waals surface area contributed by atoms with Gasteiger partial charge in [-0.05, 0) is 17.9 Å². The van der Waals surface area contributed by atoms with E-state index in [2.05, 4.69) is 38.2 Å². The van der Waals surface area contributed by atoms with Crippen LogP contribution in [0, 0.1) is 5.41 Å². The highest BCUT2D eigenvalue weighted by Gasteiger charge is 2.27. The van der Waals surface area contributed by atoms with Crippen LogP contribution in [0.25, 0.3) is 0 Å². The molecule has 3 nitrogen and oxygen atoms in total. The van der Waals surface area contributed by atoms with E-state index in [0.717, 1.165) is 28.6 Å². The van der Waals surface area contributed by atoms with Crippen molar-refractivity contribution in [3.8, 4) is 0 Å². The minimum Gasteiger partial charge on any atom is -0.380 e. The first-order valence-corrected chi connectivity index (χ1v) is 8.03. The molecule has 0 saturated heterocycles. The molecule has 0 fully saturated rings. The Morgan fingerprint density at radius 2 is 2.10 bits per heavy atom. The van der Waals surface area contributed by atoms with Crippen LogP contribution in [0.5, 0.6) is 0 Å². The van der Waals surface area contributed by atoms with Gasteiger partial charge in [0.25, 0.3) is 0 Å². The molecule has 20 heavy (non-hydrogen) atoms. The molecule has 0 bridgehead atoms. The molecule has 1 aromatic carbocycles. The lowest BCUT2D eigenvalue weighted by molar-refractivity contribution is 0.185. The van der Waals surface area contributed by atoms with Crippen molar-refractivity contribution in [2.24, 2.45) is 10.4 Å². The van der Waals surface area contributed by atoms with Gasteiger partial charge in [0.15, 0.2) is 5.17 Å². The van der Waals surface area contributed by atoms with Gasteiger partial charge >= 0.3 is 0 Å². The Bertz CT molecular complexity index is 480. The first-order chi connectivity index (χ1) is 9.50. The van der Waals surface area contributed by atoms with Crippen LogP contribution in [-0.2, 0) is 11.3 Å². The van der Waals surface area contributed by atoms with Crippen LogP contribution in [-0.4, -0.2) is 24.1 Å². The molecule has 0 aromatic heterocycles. The molecule has 0 saturated carbocycles.